The summed E-state index contributed by atoms with van der Waals surface area (Å²) in [7, 11) is 1.66. The summed E-state index contributed by atoms with van der Waals surface area (Å²) >= 11 is 1.60. The molecule has 2 aromatic heterocycles. The maximum Gasteiger partial charge on any atom is 0.255 e. The van der Waals surface area contributed by atoms with Crippen LogP contribution in [0.2, 0.25) is 0 Å². The van der Waals surface area contributed by atoms with E-state index in [1.807, 2.05) is 36.4 Å². The number of piperidine rings is 1. The van der Waals surface area contributed by atoms with Crippen LogP contribution < -0.4 is 15.4 Å². The maximum absolute atomic E-state index is 13.2. The van der Waals surface area contributed by atoms with Crippen molar-refractivity contribution in [2.24, 2.45) is 0 Å². The molecule has 0 spiro atoms. The van der Waals surface area contributed by atoms with Gasteiger partial charge in [0.1, 0.15) is 23.3 Å². The van der Waals surface area contributed by atoms with Gasteiger partial charge in [0.05, 0.1) is 17.3 Å². The summed E-state index contributed by atoms with van der Waals surface area (Å²) in [5.41, 5.74) is 3.88. The van der Waals surface area contributed by atoms with Crippen molar-refractivity contribution < 1.29 is 19.1 Å². The van der Waals surface area contributed by atoms with Crippen LogP contribution in [-0.4, -0.2) is 50.7 Å². The SMILES string of the molecule is COc1ccc2sc3nc(-c4ccc5c(c4)CN(C4CCC(=O)NC4=O)C5=O)c(NC(C)(C)C)n3c2c1. The van der Waals surface area contributed by atoms with E-state index in [0.717, 1.165) is 43.6 Å². The highest BCUT2D eigenvalue weighted by Gasteiger charge is 2.39. The van der Waals surface area contributed by atoms with Crippen LogP contribution in [0.25, 0.3) is 26.4 Å². The number of ether oxygens (including phenoxy) is 1. The summed E-state index contributed by atoms with van der Waals surface area (Å²) in [6, 6.07) is 11.1. The molecule has 1 fully saturated rings. The number of methoxy groups -OCH3 is 1. The molecule has 2 aromatic carbocycles. The van der Waals surface area contributed by atoms with E-state index in [2.05, 4.69) is 35.8 Å². The predicted octanol–water partition coefficient (Wildman–Crippen LogP) is 4.20. The van der Waals surface area contributed by atoms with Crippen LogP contribution in [0.3, 0.4) is 0 Å². The lowest BCUT2D eigenvalue weighted by molar-refractivity contribution is -0.136. The first-order valence-electron chi connectivity index (χ1n) is 12.2. The van der Waals surface area contributed by atoms with Crippen LogP contribution in [0.4, 0.5) is 5.82 Å². The van der Waals surface area contributed by atoms with E-state index in [-0.39, 0.29) is 23.8 Å². The molecule has 0 radical (unpaired) electrons. The molecule has 4 aromatic rings. The minimum atomic E-state index is -0.640. The summed E-state index contributed by atoms with van der Waals surface area (Å²) in [5.74, 6) is 0.748. The Morgan fingerprint density at radius 2 is 1.95 bits per heavy atom. The highest BCUT2D eigenvalue weighted by atomic mass is 32.1. The molecule has 2 aliphatic heterocycles. The summed E-state index contributed by atoms with van der Waals surface area (Å²) in [5, 5.41) is 5.99. The number of hydrogen-bond acceptors (Lipinski definition) is 7. The summed E-state index contributed by atoms with van der Waals surface area (Å²) in [4.78, 5) is 44.6. The van der Waals surface area contributed by atoms with Gasteiger partial charge in [-0.2, -0.15) is 0 Å². The number of imide groups is 1. The third-order valence-corrected chi connectivity index (χ3v) is 7.77. The van der Waals surface area contributed by atoms with Crippen molar-refractivity contribution in [3.8, 4) is 17.0 Å². The number of carbonyl (C=O) groups excluding carboxylic acids is 3. The van der Waals surface area contributed by atoms with E-state index in [0.29, 0.717) is 18.5 Å². The molecule has 37 heavy (non-hydrogen) atoms. The quantitative estimate of drug-likeness (QED) is 0.393. The predicted molar refractivity (Wildman–Crippen MR) is 142 cm³/mol. The first-order chi connectivity index (χ1) is 17.6. The van der Waals surface area contributed by atoms with Gasteiger partial charge in [0.25, 0.3) is 5.91 Å². The molecule has 1 saturated heterocycles. The van der Waals surface area contributed by atoms with Crippen molar-refractivity contribution in [3.05, 3.63) is 47.5 Å². The van der Waals surface area contributed by atoms with Gasteiger partial charge in [-0.15, -0.1) is 0 Å². The summed E-state index contributed by atoms with van der Waals surface area (Å²) in [6.45, 7) is 6.62. The van der Waals surface area contributed by atoms with E-state index in [1.54, 1.807) is 23.3 Å². The second-order valence-corrected chi connectivity index (χ2v) is 11.5. The molecule has 4 heterocycles. The molecule has 3 amide bonds. The fourth-order valence-electron chi connectivity index (χ4n) is 5.07. The molecule has 2 aliphatic rings. The summed E-state index contributed by atoms with van der Waals surface area (Å²) < 4.78 is 8.70. The molecule has 6 rings (SSSR count). The number of thiazole rings is 1. The standard InChI is InChI=1S/C27H27N5O4S/c1-27(2,3)30-23-22(29-26-32(23)19-12-16(36-4)6-9-20(19)37-26)14-5-7-17-15(11-14)13-31(25(17)35)18-8-10-21(33)28-24(18)34/h5-7,9,11-12,18,30H,8,10,13H2,1-4H3,(H,28,33,34). The van der Waals surface area contributed by atoms with Gasteiger partial charge in [-0.05, 0) is 57.0 Å². The van der Waals surface area contributed by atoms with Crippen molar-refractivity contribution in [1.82, 2.24) is 19.6 Å². The molecule has 2 N–H and O–H groups in total. The van der Waals surface area contributed by atoms with E-state index in [9.17, 15) is 14.4 Å². The van der Waals surface area contributed by atoms with Crippen LogP contribution in [0.5, 0.6) is 5.75 Å². The van der Waals surface area contributed by atoms with Crippen LogP contribution >= 0.6 is 11.3 Å². The van der Waals surface area contributed by atoms with Gasteiger partial charge < -0.3 is 15.0 Å². The Morgan fingerprint density at radius 1 is 1.14 bits per heavy atom. The zero-order valence-corrected chi connectivity index (χ0v) is 21.9. The van der Waals surface area contributed by atoms with Crippen LogP contribution in [0.1, 0.15) is 49.5 Å². The third-order valence-electron chi connectivity index (χ3n) is 6.75. The zero-order valence-electron chi connectivity index (χ0n) is 21.0. The average Bonchev–Trinajstić information content (AvgIpc) is 3.48. The number of aromatic nitrogens is 2. The minimum Gasteiger partial charge on any atom is -0.497 e. The maximum atomic E-state index is 13.2. The number of nitrogens with one attached hydrogen (secondary N) is 2. The summed E-state index contributed by atoms with van der Waals surface area (Å²) in [6.07, 6.45) is 0.568. The second kappa shape index (κ2) is 8.31. The van der Waals surface area contributed by atoms with Gasteiger partial charge in [-0.25, -0.2) is 4.98 Å². The van der Waals surface area contributed by atoms with Crippen LogP contribution in [0.15, 0.2) is 36.4 Å². The molecule has 1 unspecified atom stereocenters. The van der Waals surface area contributed by atoms with E-state index >= 15 is 0 Å². The molecule has 1 atom stereocenters. The number of carbonyl (C=O) groups is 3. The number of amides is 3. The molecule has 0 saturated carbocycles. The molecular formula is C27H27N5O4S. The van der Waals surface area contributed by atoms with Crippen molar-refractivity contribution in [1.29, 1.82) is 0 Å². The Balaban J connectivity index is 1.43. The topological polar surface area (TPSA) is 105 Å². The number of hydrogen-bond donors (Lipinski definition) is 2. The van der Waals surface area contributed by atoms with Crippen LogP contribution in [0, 0.1) is 0 Å². The fourth-order valence-corrected chi connectivity index (χ4v) is 6.07. The molecule has 9 nitrogen and oxygen atoms in total. The Hall–Kier alpha value is -3.92. The highest BCUT2D eigenvalue weighted by Crippen LogP contribution is 2.39. The number of anilines is 1. The van der Waals surface area contributed by atoms with Gasteiger partial charge in [0.2, 0.25) is 11.8 Å². The van der Waals surface area contributed by atoms with E-state index in [1.165, 1.54) is 0 Å². The fraction of sp³-hybridized carbons (Fsp3) is 0.333. The average molecular weight is 518 g/mol. The Bertz CT molecular complexity index is 1610. The minimum absolute atomic E-state index is 0.187. The number of imidazole rings is 1. The first kappa shape index (κ1) is 23.5. The molecular weight excluding hydrogens is 490 g/mol. The zero-order chi connectivity index (χ0) is 26.1. The van der Waals surface area contributed by atoms with E-state index in [4.69, 9.17) is 9.72 Å². The van der Waals surface area contributed by atoms with Crippen molar-refractivity contribution >= 4 is 50.1 Å². The lowest BCUT2D eigenvalue weighted by Gasteiger charge is -2.29. The molecule has 190 valence electrons. The lowest BCUT2D eigenvalue weighted by Crippen LogP contribution is -2.52. The number of benzene rings is 2. The number of fused-ring (bicyclic) bond motifs is 4. The molecule has 0 aliphatic carbocycles. The van der Waals surface area contributed by atoms with Crippen LogP contribution in [-0.2, 0) is 16.1 Å². The van der Waals surface area contributed by atoms with E-state index < -0.39 is 11.9 Å². The van der Waals surface area contributed by atoms with Crippen molar-refractivity contribution in [3.63, 3.8) is 0 Å². The van der Waals surface area contributed by atoms with Gasteiger partial charge in [-0.3, -0.25) is 24.1 Å². The second-order valence-electron chi connectivity index (χ2n) is 10.5. The van der Waals surface area contributed by atoms with Gasteiger partial charge in [-0.1, -0.05) is 17.4 Å². The Labute approximate surface area is 217 Å². The van der Waals surface area contributed by atoms with Gasteiger partial charge in [0.15, 0.2) is 4.96 Å². The highest BCUT2D eigenvalue weighted by molar-refractivity contribution is 7.23. The number of rotatable bonds is 4. The van der Waals surface area contributed by atoms with Crippen molar-refractivity contribution in [2.45, 2.75) is 51.7 Å². The monoisotopic (exact) mass is 517 g/mol. The largest absolute Gasteiger partial charge is 0.497 e. The van der Waals surface area contributed by atoms with Gasteiger partial charge >= 0.3 is 0 Å². The molecule has 0 bridgehead atoms. The van der Waals surface area contributed by atoms with Crippen molar-refractivity contribution in [2.75, 3.05) is 12.4 Å². The lowest BCUT2D eigenvalue weighted by atomic mass is 10.0. The number of nitrogens with zero attached hydrogens (tertiary/aromatic N) is 3. The third kappa shape index (κ3) is 3.92. The Morgan fingerprint density at radius 3 is 2.68 bits per heavy atom. The smallest absolute Gasteiger partial charge is 0.255 e. The first-order valence-corrected chi connectivity index (χ1v) is 13.0. The normalized spacial score (nSPS) is 18.0. The van der Waals surface area contributed by atoms with Gasteiger partial charge in [0, 0.05) is 35.7 Å². The molecule has 10 heteroatoms. The Kier molecular flexibility index (Phi) is 5.27.